The summed E-state index contributed by atoms with van der Waals surface area (Å²) in [5.41, 5.74) is 0.980. The molecule has 0 radical (unpaired) electrons. The van der Waals surface area contributed by atoms with Crippen LogP contribution in [0.5, 0.6) is 5.75 Å². The Kier molecular flexibility index (Phi) is 7.02. The molecule has 2 N–H and O–H groups in total. The Morgan fingerprint density at radius 3 is 2.54 bits per heavy atom. The van der Waals surface area contributed by atoms with Crippen LogP contribution in [0.2, 0.25) is 0 Å². The number of β-amino-alcohol motifs (C(OH)–C–C–N with tert-alkyl or cyclic N) is 1. The zero-order valence-corrected chi connectivity index (χ0v) is 14.9. The minimum atomic E-state index is -0.168. The third-order valence-corrected chi connectivity index (χ3v) is 4.71. The average molecular weight is 335 g/mol. The fraction of sp³-hybridized carbons (Fsp3) is 0.611. The van der Waals surface area contributed by atoms with E-state index in [9.17, 15) is 4.79 Å². The molecule has 2 atom stereocenters. The van der Waals surface area contributed by atoms with Crippen molar-refractivity contribution in [1.29, 1.82) is 0 Å². The summed E-state index contributed by atoms with van der Waals surface area (Å²) in [7, 11) is 1.64. The van der Waals surface area contributed by atoms with Crippen molar-refractivity contribution in [2.45, 2.75) is 25.9 Å². The lowest BCUT2D eigenvalue weighted by Crippen LogP contribution is -2.54. The first-order valence-electron chi connectivity index (χ1n) is 8.57. The lowest BCUT2D eigenvalue weighted by atomic mass is 10.1. The molecule has 0 unspecified atom stereocenters. The fourth-order valence-electron chi connectivity index (χ4n) is 3.12. The van der Waals surface area contributed by atoms with Crippen LogP contribution in [-0.4, -0.2) is 73.3 Å². The van der Waals surface area contributed by atoms with E-state index in [4.69, 9.17) is 9.84 Å². The predicted octanol–water partition coefficient (Wildman–Crippen LogP) is 0.871. The van der Waals surface area contributed by atoms with Crippen LogP contribution >= 0.6 is 0 Å². The Balaban J connectivity index is 1.89. The SMILES string of the molecule is COc1ccccc1[C@H](C)NC(=O)[C@H](C)N1CCN(CCO)CC1. The maximum Gasteiger partial charge on any atom is 0.237 e. The molecule has 6 heteroatoms. The van der Waals surface area contributed by atoms with Gasteiger partial charge in [0.25, 0.3) is 0 Å². The first-order valence-corrected chi connectivity index (χ1v) is 8.57. The monoisotopic (exact) mass is 335 g/mol. The molecule has 134 valence electrons. The number of carbonyl (C=O) groups excluding carboxylic acids is 1. The number of nitrogens with one attached hydrogen (secondary N) is 1. The standard InChI is InChI=1S/C18H29N3O3/c1-14(16-6-4-5-7-17(16)24-3)19-18(23)15(2)21-10-8-20(9-11-21)12-13-22/h4-7,14-15,22H,8-13H2,1-3H3,(H,19,23)/t14-,15-/m0/s1. The summed E-state index contributed by atoms with van der Waals surface area (Å²) in [6.45, 7) is 8.29. The fourth-order valence-corrected chi connectivity index (χ4v) is 3.12. The number of aliphatic hydroxyl groups is 1. The van der Waals surface area contributed by atoms with E-state index in [1.165, 1.54) is 0 Å². The highest BCUT2D eigenvalue weighted by molar-refractivity contribution is 5.81. The van der Waals surface area contributed by atoms with Gasteiger partial charge in [-0.2, -0.15) is 0 Å². The van der Waals surface area contributed by atoms with Crippen LogP contribution < -0.4 is 10.1 Å². The summed E-state index contributed by atoms with van der Waals surface area (Å²) in [6, 6.07) is 7.48. The van der Waals surface area contributed by atoms with E-state index >= 15 is 0 Å². The van der Waals surface area contributed by atoms with Crippen LogP contribution in [-0.2, 0) is 4.79 Å². The van der Waals surface area contributed by atoms with Crippen molar-refractivity contribution in [3.05, 3.63) is 29.8 Å². The average Bonchev–Trinajstić information content (AvgIpc) is 2.61. The second-order valence-corrected chi connectivity index (χ2v) is 6.25. The minimum absolute atomic E-state index is 0.0315. The number of rotatable bonds is 7. The van der Waals surface area contributed by atoms with Crippen LogP contribution in [0.3, 0.4) is 0 Å². The van der Waals surface area contributed by atoms with Crippen molar-refractivity contribution in [3.8, 4) is 5.75 Å². The van der Waals surface area contributed by atoms with Crippen LogP contribution in [0, 0.1) is 0 Å². The molecule has 0 aliphatic carbocycles. The molecule has 0 spiro atoms. The summed E-state index contributed by atoms with van der Waals surface area (Å²) in [5.74, 6) is 0.819. The van der Waals surface area contributed by atoms with Gasteiger partial charge in [0.05, 0.1) is 25.8 Å². The zero-order chi connectivity index (χ0) is 17.5. The van der Waals surface area contributed by atoms with Crippen LogP contribution in [0.4, 0.5) is 0 Å². The third-order valence-electron chi connectivity index (χ3n) is 4.71. The van der Waals surface area contributed by atoms with E-state index in [0.29, 0.717) is 6.54 Å². The highest BCUT2D eigenvalue weighted by Crippen LogP contribution is 2.24. The van der Waals surface area contributed by atoms with Gasteiger partial charge in [0.2, 0.25) is 5.91 Å². The van der Waals surface area contributed by atoms with Crippen molar-refractivity contribution >= 4 is 5.91 Å². The highest BCUT2D eigenvalue weighted by Gasteiger charge is 2.26. The van der Waals surface area contributed by atoms with Gasteiger partial charge in [-0.15, -0.1) is 0 Å². The molecule has 1 aromatic rings. The largest absolute Gasteiger partial charge is 0.496 e. The van der Waals surface area contributed by atoms with Gasteiger partial charge in [-0.25, -0.2) is 0 Å². The van der Waals surface area contributed by atoms with Crippen LogP contribution in [0.25, 0.3) is 0 Å². The van der Waals surface area contributed by atoms with Gasteiger partial charge in [0.15, 0.2) is 0 Å². The molecule has 1 amide bonds. The molecule has 2 rings (SSSR count). The van der Waals surface area contributed by atoms with Gasteiger partial charge < -0.3 is 15.2 Å². The number of aliphatic hydroxyl groups excluding tert-OH is 1. The quantitative estimate of drug-likeness (QED) is 0.774. The van der Waals surface area contributed by atoms with Gasteiger partial charge >= 0.3 is 0 Å². The second-order valence-electron chi connectivity index (χ2n) is 6.25. The number of benzene rings is 1. The van der Waals surface area contributed by atoms with E-state index < -0.39 is 0 Å². The van der Waals surface area contributed by atoms with Crippen molar-refractivity contribution in [2.24, 2.45) is 0 Å². The number of piperazine rings is 1. The summed E-state index contributed by atoms with van der Waals surface area (Å²) in [4.78, 5) is 17.0. The maximum atomic E-state index is 12.6. The van der Waals surface area contributed by atoms with Crippen LogP contribution in [0.15, 0.2) is 24.3 Å². The third kappa shape index (κ3) is 4.69. The molecule has 0 bridgehead atoms. The smallest absolute Gasteiger partial charge is 0.237 e. The number of hydrogen-bond acceptors (Lipinski definition) is 5. The maximum absolute atomic E-state index is 12.6. The summed E-state index contributed by atoms with van der Waals surface area (Å²) in [5, 5.41) is 12.1. The molecular formula is C18H29N3O3. The number of methoxy groups -OCH3 is 1. The molecule has 1 aliphatic heterocycles. The van der Waals surface area contributed by atoms with E-state index in [0.717, 1.165) is 37.5 Å². The molecule has 1 aliphatic rings. The lowest BCUT2D eigenvalue weighted by molar-refractivity contribution is -0.127. The number of amides is 1. The predicted molar refractivity (Wildman–Crippen MR) is 94.1 cm³/mol. The highest BCUT2D eigenvalue weighted by atomic mass is 16.5. The first-order chi connectivity index (χ1) is 11.6. The van der Waals surface area contributed by atoms with Gasteiger partial charge in [-0.1, -0.05) is 18.2 Å². The van der Waals surface area contributed by atoms with Gasteiger partial charge in [0, 0.05) is 38.3 Å². The summed E-state index contributed by atoms with van der Waals surface area (Å²) in [6.07, 6.45) is 0. The molecule has 1 saturated heterocycles. The Hall–Kier alpha value is -1.63. The van der Waals surface area contributed by atoms with E-state index in [-0.39, 0.29) is 24.6 Å². The number of carbonyl (C=O) groups is 1. The number of ether oxygens (including phenoxy) is 1. The first kappa shape index (κ1) is 18.7. The summed E-state index contributed by atoms with van der Waals surface area (Å²) >= 11 is 0. The molecule has 1 fully saturated rings. The molecule has 0 saturated carbocycles. The zero-order valence-electron chi connectivity index (χ0n) is 14.9. The molecule has 6 nitrogen and oxygen atoms in total. The van der Waals surface area contributed by atoms with Gasteiger partial charge in [-0.3, -0.25) is 14.6 Å². The molecule has 1 heterocycles. The van der Waals surface area contributed by atoms with Crippen molar-refractivity contribution in [1.82, 2.24) is 15.1 Å². The Morgan fingerprint density at radius 2 is 1.92 bits per heavy atom. The Morgan fingerprint density at radius 1 is 1.25 bits per heavy atom. The van der Waals surface area contributed by atoms with E-state index in [2.05, 4.69) is 15.1 Å². The Labute approximate surface area is 144 Å². The Bertz CT molecular complexity index is 530. The number of hydrogen-bond donors (Lipinski definition) is 2. The van der Waals surface area contributed by atoms with Gasteiger partial charge in [-0.05, 0) is 19.9 Å². The van der Waals surface area contributed by atoms with E-state index in [1.807, 2.05) is 38.1 Å². The van der Waals surface area contributed by atoms with Crippen molar-refractivity contribution in [3.63, 3.8) is 0 Å². The van der Waals surface area contributed by atoms with Gasteiger partial charge in [0.1, 0.15) is 5.75 Å². The second kappa shape index (κ2) is 9.01. The lowest BCUT2D eigenvalue weighted by Gasteiger charge is -2.37. The molecule has 24 heavy (non-hydrogen) atoms. The topological polar surface area (TPSA) is 65.0 Å². The molecule has 1 aromatic carbocycles. The summed E-state index contributed by atoms with van der Waals surface area (Å²) < 4.78 is 5.37. The van der Waals surface area contributed by atoms with Crippen LogP contribution in [0.1, 0.15) is 25.5 Å². The molecule has 0 aromatic heterocycles. The number of para-hydroxylation sites is 1. The van der Waals surface area contributed by atoms with Crippen molar-refractivity contribution in [2.75, 3.05) is 46.4 Å². The van der Waals surface area contributed by atoms with Crippen molar-refractivity contribution < 1.29 is 14.6 Å². The normalized spacial score (nSPS) is 18.8. The molecular weight excluding hydrogens is 306 g/mol. The minimum Gasteiger partial charge on any atom is -0.496 e. The number of nitrogens with zero attached hydrogens (tertiary/aromatic N) is 2. The van der Waals surface area contributed by atoms with E-state index in [1.54, 1.807) is 7.11 Å².